The number of nitrogens with zero attached hydrogens (tertiary/aromatic N) is 2. The fraction of sp³-hybridized carbons (Fsp3) is 0.458. The summed E-state index contributed by atoms with van der Waals surface area (Å²) in [7, 11) is -1.58. The van der Waals surface area contributed by atoms with Crippen LogP contribution in [0.25, 0.3) is 0 Å². The van der Waals surface area contributed by atoms with Crippen LogP contribution < -0.4 is 9.47 Å². The molecule has 1 saturated heterocycles. The molecular weight excluding hydrogens is 499 g/mol. The van der Waals surface area contributed by atoms with Gasteiger partial charge in [-0.25, -0.2) is 8.42 Å². The number of sulfonamides is 1. The molecule has 0 spiro atoms. The summed E-state index contributed by atoms with van der Waals surface area (Å²) in [4.78, 5) is 14.7. The van der Waals surface area contributed by atoms with Crippen LogP contribution in [0.3, 0.4) is 0 Å². The summed E-state index contributed by atoms with van der Waals surface area (Å²) in [5.74, 6) is 1.86. The topological polar surface area (TPSA) is 76.2 Å². The van der Waals surface area contributed by atoms with Gasteiger partial charge in [0.2, 0.25) is 10.0 Å². The van der Waals surface area contributed by atoms with Crippen LogP contribution >= 0.6 is 23.2 Å². The smallest absolute Gasteiger partial charge is 0.211 e. The van der Waals surface area contributed by atoms with Crippen LogP contribution in [0.1, 0.15) is 30.9 Å². The SMILES string of the molecule is COc1ccc(Oc2c(Cl)ccc(CC(=O)CN3CCN(S(C)(=O)=O)CC3)c2Cl)cc1C(C)C. The van der Waals surface area contributed by atoms with E-state index in [1.54, 1.807) is 25.3 Å². The van der Waals surface area contributed by atoms with E-state index in [4.69, 9.17) is 32.7 Å². The lowest BCUT2D eigenvalue weighted by Crippen LogP contribution is -2.49. The van der Waals surface area contributed by atoms with E-state index in [0.717, 1.165) is 11.3 Å². The minimum atomic E-state index is -3.21. The highest BCUT2D eigenvalue weighted by molar-refractivity contribution is 7.88. The first-order valence-electron chi connectivity index (χ1n) is 11.0. The first-order valence-corrected chi connectivity index (χ1v) is 13.6. The van der Waals surface area contributed by atoms with Gasteiger partial charge in [-0.2, -0.15) is 4.31 Å². The Bertz CT molecular complexity index is 1150. The fourth-order valence-corrected chi connectivity index (χ4v) is 5.23. The lowest BCUT2D eigenvalue weighted by Gasteiger charge is -2.32. The molecule has 0 amide bonds. The molecule has 34 heavy (non-hydrogen) atoms. The van der Waals surface area contributed by atoms with Gasteiger partial charge in [0, 0.05) is 38.2 Å². The second-order valence-electron chi connectivity index (χ2n) is 8.66. The van der Waals surface area contributed by atoms with Crippen LogP contribution in [0, 0.1) is 0 Å². The standard InChI is InChI=1S/C24H30Cl2N2O5S/c1-16(2)20-14-19(6-8-22(20)32-3)33-24-21(25)7-5-17(23(24)26)13-18(29)15-27-9-11-28(12-10-27)34(4,30)31/h5-8,14,16H,9-13,15H2,1-4H3. The van der Waals surface area contributed by atoms with Crippen molar-refractivity contribution in [1.29, 1.82) is 0 Å². The lowest BCUT2D eigenvalue weighted by molar-refractivity contribution is -0.119. The fourth-order valence-electron chi connectivity index (χ4n) is 3.89. The van der Waals surface area contributed by atoms with Crippen LogP contribution in [0.5, 0.6) is 17.2 Å². The van der Waals surface area contributed by atoms with Gasteiger partial charge in [-0.05, 0) is 35.7 Å². The zero-order chi connectivity index (χ0) is 25.0. The number of carbonyl (C=O) groups excluding carboxylic acids is 1. The van der Waals surface area contributed by atoms with Gasteiger partial charge in [-0.3, -0.25) is 9.69 Å². The van der Waals surface area contributed by atoms with Crippen LogP contribution in [-0.2, 0) is 21.2 Å². The highest BCUT2D eigenvalue weighted by atomic mass is 35.5. The van der Waals surface area contributed by atoms with Crippen LogP contribution in [0.4, 0.5) is 0 Å². The van der Waals surface area contributed by atoms with Crippen molar-refractivity contribution >= 4 is 39.0 Å². The largest absolute Gasteiger partial charge is 0.496 e. The van der Waals surface area contributed by atoms with E-state index in [9.17, 15) is 13.2 Å². The summed E-state index contributed by atoms with van der Waals surface area (Å²) in [6.45, 7) is 6.14. The molecule has 0 radical (unpaired) electrons. The van der Waals surface area contributed by atoms with Crippen molar-refractivity contribution in [3.05, 3.63) is 51.5 Å². The average molecular weight is 529 g/mol. The Balaban J connectivity index is 1.70. The van der Waals surface area contributed by atoms with E-state index in [2.05, 4.69) is 13.8 Å². The summed E-state index contributed by atoms with van der Waals surface area (Å²) in [6.07, 6.45) is 1.32. The maximum atomic E-state index is 12.7. The Kier molecular flexibility index (Phi) is 8.87. The molecular formula is C24H30Cl2N2O5S. The van der Waals surface area contributed by atoms with Gasteiger partial charge in [0.05, 0.1) is 30.0 Å². The number of piperazine rings is 1. The number of halogens is 2. The van der Waals surface area contributed by atoms with Crippen LogP contribution in [0.15, 0.2) is 30.3 Å². The molecule has 186 valence electrons. The van der Waals surface area contributed by atoms with Crippen molar-refractivity contribution in [2.45, 2.75) is 26.2 Å². The average Bonchev–Trinajstić information content (AvgIpc) is 2.78. The number of ketones is 1. The second kappa shape index (κ2) is 11.3. The number of hydrogen-bond acceptors (Lipinski definition) is 6. The molecule has 1 aliphatic heterocycles. The summed E-state index contributed by atoms with van der Waals surface area (Å²) in [6, 6.07) is 8.91. The van der Waals surface area contributed by atoms with Gasteiger partial charge in [0.25, 0.3) is 0 Å². The van der Waals surface area contributed by atoms with E-state index in [1.807, 2.05) is 17.0 Å². The third-order valence-corrected chi connectivity index (χ3v) is 7.78. The molecule has 0 aliphatic carbocycles. The molecule has 0 N–H and O–H groups in total. The monoisotopic (exact) mass is 528 g/mol. The second-order valence-corrected chi connectivity index (χ2v) is 11.4. The predicted molar refractivity (Wildman–Crippen MR) is 135 cm³/mol. The molecule has 0 saturated carbocycles. The van der Waals surface area contributed by atoms with Gasteiger partial charge >= 0.3 is 0 Å². The maximum absolute atomic E-state index is 12.7. The molecule has 7 nitrogen and oxygen atoms in total. The highest BCUT2D eigenvalue weighted by Crippen LogP contribution is 2.40. The molecule has 0 unspecified atom stereocenters. The van der Waals surface area contributed by atoms with E-state index in [1.165, 1.54) is 10.6 Å². The molecule has 2 aromatic carbocycles. The van der Waals surface area contributed by atoms with Crippen molar-refractivity contribution in [3.63, 3.8) is 0 Å². The highest BCUT2D eigenvalue weighted by Gasteiger charge is 2.25. The minimum absolute atomic E-state index is 0.0190. The lowest BCUT2D eigenvalue weighted by atomic mass is 10.0. The summed E-state index contributed by atoms with van der Waals surface area (Å²) in [5, 5.41) is 0.643. The van der Waals surface area contributed by atoms with Gasteiger partial charge < -0.3 is 9.47 Å². The Labute approximate surface area is 211 Å². The van der Waals surface area contributed by atoms with Gasteiger partial charge in [0.15, 0.2) is 11.5 Å². The Morgan fingerprint density at radius 1 is 1.09 bits per heavy atom. The van der Waals surface area contributed by atoms with Crippen molar-refractivity contribution in [1.82, 2.24) is 9.21 Å². The first kappa shape index (κ1) is 26.8. The number of benzene rings is 2. The van der Waals surface area contributed by atoms with Gasteiger partial charge in [-0.1, -0.05) is 43.1 Å². The molecule has 3 rings (SSSR count). The number of rotatable bonds is 9. The summed E-state index contributed by atoms with van der Waals surface area (Å²) in [5.41, 5.74) is 1.62. The van der Waals surface area contributed by atoms with Crippen LogP contribution in [-0.4, -0.2) is 69.5 Å². The number of methoxy groups -OCH3 is 1. The zero-order valence-corrected chi connectivity index (χ0v) is 22.1. The Hall–Kier alpha value is -1.84. The normalized spacial score (nSPS) is 15.5. The molecule has 0 aromatic heterocycles. The first-order chi connectivity index (χ1) is 16.0. The van der Waals surface area contributed by atoms with Crippen molar-refractivity contribution in [3.8, 4) is 17.2 Å². The zero-order valence-electron chi connectivity index (χ0n) is 19.8. The predicted octanol–water partition coefficient (Wildman–Crippen LogP) is 4.61. The van der Waals surface area contributed by atoms with Crippen molar-refractivity contribution in [2.24, 2.45) is 0 Å². The van der Waals surface area contributed by atoms with Crippen molar-refractivity contribution < 1.29 is 22.7 Å². The number of carbonyl (C=O) groups is 1. The third kappa shape index (κ3) is 6.64. The molecule has 0 atom stereocenters. The maximum Gasteiger partial charge on any atom is 0.211 e. The Morgan fingerprint density at radius 3 is 2.35 bits per heavy atom. The van der Waals surface area contributed by atoms with E-state index < -0.39 is 10.0 Å². The molecule has 10 heteroatoms. The number of ether oxygens (including phenoxy) is 2. The number of hydrogen-bond donors (Lipinski definition) is 0. The van der Waals surface area contributed by atoms with Gasteiger partial charge in [0.1, 0.15) is 11.5 Å². The van der Waals surface area contributed by atoms with E-state index in [0.29, 0.717) is 53.3 Å². The third-order valence-electron chi connectivity index (χ3n) is 5.76. The number of Topliss-reactive ketones (excluding diaryl/α,β-unsaturated/α-hetero) is 1. The molecule has 1 fully saturated rings. The van der Waals surface area contributed by atoms with E-state index in [-0.39, 0.29) is 24.7 Å². The summed E-state index contributed by atoms with van der Waals surface area (Å²) >= 11 is 13.0. The van der Waals surface area contributed by atoms with E-state index >= 15 is 0 Å². The molecule has 1 aliphatic rings. The van der Waals surface area contributed by atoms with Crippen LogP contribution in [0.2, 0.25) is 10.0 Å². The quantitative estimate of drug-likeness (QED) is 0.473. The summed E-state index contributed by atoms with van der Waals surface area (Å²) < 4.78 is 36.2. The molecule has 1 heterocycles. The van der Waals surface area contributed by atoms with Crippen molar-refractivity contribution in [2.75, 3.05) is 46.1 Å². The minimum Gasteiger partial charge on any atom is -0.496 e. The Morgan fingerprint density at radius 2 is 1.76 bits per heavy atom. The van der Waals surface area contributed by atoms with Gasteiger partial charge in [-0.15, -0.1) is 0 Å². The molecule has 0 bridgehead atoms. The molecule has 2 aromatic rings.